The van der Waals surface area contributed by atoms with Gasteiger partial charge in [0, 0.05) is 24.8 Å². The molecule has 1 N–H and O–H groups in total. The Kier molecular flexibility index (Phi) is 9.24. The van der Waals surface area contributed by atoms with E-state index in [0.717, 1.165) is 51.9 Å². The zero-order chi connectivity index (χ0) is 34.3. The number of anilines is 1. The summed E-state index contributed by atoms with van der Waals surface area (Å²) in [4.78, 5) is 18.2. The molecular weight excluding hydrogens is 621 g/mol. The summed E-state index contributed by atoms with van der Waals surface area (Å²) < 4.78 is 1.96. The maximum absolute atomic E-state index is 11.6. The van der Waals surface area contributed by atoms with Gasteiger partial charge in [0.15, 0.2) is 5.82 Å². The molecule has 0 atom stereocenters. The molecule has 5 aromatic carbocycles. The molecule has 0 unspecified atom stereocenters. The molecule has 2 heterocycles. The number of pyridine rings is 1. The highest BCUT2D eigenvalue weighted by atomic mass is 16.4. The average Bonchev–Trinajstić information content (AvgIpc) is 3.67. The molecule has 50 heavy (non-hydrogen) atoms. The van der Waals surface area contributed by atoms with Gasteiger partial charge in [-0.25, -0.2) is 14.5 Å². The number of aromatic carboxylic acids is 1. The quantitative estimate of drug-likeness (QED) is 0.132. The van der Waals surface area contributed by atoms with E-state index in [2.05, 4.69) is 131 Å². The molecule has 0 saturated heterocycles. The van der Waals surface area contributed by atoms with Gasteiger partial charge in [-0.15, -0.1) is 5.10 Å². The number of carboxylic acid groups (broad SMARTS) is 1. The maximum atomic E-state index is 11.6. The third kappa shape index (κ3) is 6.15. The molecule has 0 saturated carbocycles. The minimum Gasteiger partial charge on any atom is -0.478 e. The third-order valence-electron chi connectivity index (χ3n) is 8.98. The van der Waals surface area contributed by atoms with Crippen LogP contribution in [-0.2, 0) is 12.1 Å². The van der Waals surface area contributed by atoms with E-state index < -0.39 is 11.5 Å². The monoisotopic (exact) mass is 656 g/mol. The Labute approximate surface area is 291 Å². The van der Waals surface area contributed by atoms with E-state index in [0.29, 0.717) is 18.2 Å². The van der Waals surface area contributed by atoms with E-state index >= 15 is 0 Å². The maximum Gasteiger partial charge on any atom is 0.335 e. The first-order valence-electron chi connectivity index (χ1n) is 16.7. The van der Waals surface area contributed by atoms with Crippen LogP contribution in [0.25, 0.3) is 22.5 Å². The second-order valence-electron chi connectivity index (χ2n) is 12.1. The number of aromatic nitrogens is 5. The fourth-order valence-corrected chi connectivity index (χ4v) is 6.69. The van der Waals surface area contributed by atoms with Crippen molar-refractivity contribution in [3.05, 3.63) is 186 Å². The van der Waals surface area contributed by atoms with Crippen LogP contribution in [0.5, 0.6) is 0 Å². The van der Waals surface area contributed by atoms with Gasteiger partial charge in [0.25, 0.3) is 0 Å². The number of hydrogen-bond donors (Lipinski definition) is 1. The molecule has 8 heteroatoms. The lowest BCUT2D eigenvalue weighted by Gasteiger charge is -2.36. The summed E-state index contributed by atoms with van der Waals surface area (Å²) in [6, 6.07) is 51.0. The molecule has 0 bridgehead atoms. The lowest BCUT2D eigenvalue weighted by Crippen LogP contribution is -2.39. The SMILES string of the molecule is CCCN(Cc1ccc(-c2ccccc2-c2nnnn2C(c2ccccc2)(c2ccccc2)c2ccccc2)cc1)c1cc(C(=O)O)ccn1. The highest BCUT2D eigenvalue weighted by Crippen LogP contribution is 2.43. The van der Waals surface area contributed by atoms with Crippen LogP contribution in [0.2, 0.25) is 0 Å². The van der Waals surface area contributed by atoms with Gasteiger partial charge in [-0.05, 0) is 62.4 Å². The Morgan fingerprint density at radius 3 is 1.84 bits per heavy atom. The van der Waals surface area contributed by atoms with Crippen LogP contribution in [0.1, 0.15) is 46.0 Å². The van der Waals surface area contributed by atoms with E-state index in [1.807, 2.05) is 35.0 Å². The Morgan fingerprint density at radius 1 is 0.720 bits per heavy atom. The summed E-state index contributed by atoms with van der Waals surface area (Å²) in [6.07, 6.45) is 2.45. The Balaban J connectivity index is 1.31. The number of benzene rings is 5. The van der Waals surface area contributed by atoms with Crippen LogP contribution in [0.15, 0.2) is 158 Å². The van der Waals surface area contributed by atoms with Gasteiger partial charge in [-0.1, -0.05) is 146 Å². The number of carboxylic acids is 1. The first-order chi connectivity index (χ1) is 24.6. The first kappa shape index (κ1) is 32.2. The van der Waals surface area contributed by atoms with Gasteiger partial charge in [0.1, 0.15) is 11.4 Å². The molecule has 0 spiro atoms. The van der Waals surface area contributed by atoms with E-state index in [1.54, 1.807) is 12.3 Å². The predicted molar refractivity (Wildman–Crippen MR) is 196 cm³/mol. The minimum atomic E-state index is -0.965. The van der Waals surface area contributed by atoms with E-state index in [1.165, 1.54) is 6.07 Å². The number of carbonyl (C=O) groups is 1. The fraction of sp³-hybridized carbons (Fsp3) is 0.119. The summed E-state index contributed by atoms with van der Waals surface area (Å²) >= 11 is 0. The van der Waals surface area contributed by atoms with Crippen LogP contribution >= 0.6 is 0 Å². The molecule has 0 fully saturated rings. The normalized spacial score (nSPS) is 11.3. The number of tetrazole rings is 1. The molecule has 0 aliphatic carbocycles. The van der Waals surface area contributed by atoms with E-state index in [9.17, 15) is 9.90 Å². The van der Waals surface area contributed by atoms with Crippen LogP contribution in [0.4, 0.5) is 5.82 Å². The zero-order valence-corrected chi connectivity index (χ0v) is 27.7. The average molecular weight is 657 g/mol. The van der Waals surface area contributed by atoms with Gasteiger partial charge < -0.3 is 10.0 Å². The van der Waals surface area contributed by atoms with E-state index in [4.69, 9.17) is 10.3 Å². The first-order valence-corrected chi connectivity index (χ1v) is 16.7. The van der Waals surface area contributed by atoms with Gasteiger partial charge >= 0.3 is 5.97 Å². The zero-order valence-electron chi connectivity index (χ0n) is 27.7. The van der Waals surface area contributed by atoms with Crippen molar-refractivity contribution in [3.63, 3.8) is 0 Å². The summed E-state index contributed by atoms with van der Waals surface area (Å²) in [7, 11) is 0. The number of nitrogens with zero attached hydrogens (tertiary/aromatic N) is 6. The van der Waals surface area contributed by atoms with Crippen molar-refractivity contribution >= 4 is 11.8 Å². The Bertz CT molecular complexity index is 2090. The summed E-state index contributed by atoms with van der Waals surface area (Å²) in [5, 5.41) is 23.3. The minimum absolute atomic E-state index is 0.223. The lowest BCUT2D eigenvalue weighted by atomic mass is 9.77. The second kappa shape index (κ2) is 14.4. The standard InChI is InChI=1S/C42H36N6O2/c1-2-28-47(39-29-33(41(49)50)26-27-43-39)30-31-22-24-32(25-23-31)37-20-12-13-21-38(37)40-44-45-46-48(40)42(34-14-6-3-7-15-34,35-16-8-4-9-17-35)36-18-10-5-11-19-36/h3-27,29H,2,28,30H2,1H3,(H,49,50). The highest BCUT2D eigenvalue weighted by molar-refractivity contribution is 5.88. The van der Waals surface area contributed by atoms with Gasteiger partial charge in [0.05, 0.1) is 5.56 Å². The van der Waals surface area contributed by atoms with Gasteiger partial charge in [0.2, 0.25) is 0 Å². The van der Waals surface area contributed by atoms with Crippen molar-refractivity contribution in [1.82, 2.24) is 25.2 Å². The van der Waals surface area contributed by atoms with Crippen molar-refractivity contribution in [2.45, 2.75) is 25.4 Å². The predicted octanol–water partition coefficient (Wildman–Crippen LogP) is 8.36. The Hall–Kier alpha value is -6.41. The molecule has 2 aromatic heterocycles. The van der Waals surface area contributed by atoms with Crippen LogP contribution in [-0.4, -0.2) is 42.8 Å². The summed E-state index contributed by atoms with van der Waals surface area (Å²) in [5.74, 6) is 0.319. The van der Waals surface area contributed by atoms with Crippen molar-refractivity contribution in [3.8, 4) is 22.5 Å². The van der Waals surface area contributed by atoms with Crippen LogP contribution < -0.4 is 4.90 Å². The molecule has 0 amide bonds. The van der Waals surface area contributed by atoms with Crippen molar-refractivity contribution in [2.75, 3.05) is 11.4 Å². The number of hydrogen-bond acceptors (Lipinski definition) is 6. The van der Waals surface area contributed by atoms with Gasteiger partial charge in [-0.3, -0.25) is 0 Å². The molecule has 7 rings (SSSR count). The molecular formula is C42H36N6O2. The molecule has 0 radical (unpaired) electrons. The molecule has 8 nitrogen and oxygen atoms in total. The van der Waals surface area contributed by atoms with Crippen molar-refractivity contribution in [2.24, 2.45) is 0 Å². The molecule has 7 aromatic rings. The largest absolute Gasteiger partial charge is 0.478 e. The van der Waals surface area contributed by atoms with Crippen molar-refractivity contribution < 1.29 is 9.90 Å². The summed E-state index contributed by atoms with van der Waals surface area (Å²) in [5.41, 5.74) is 6.47. The smallest absolute Gasteiger partial charge is 0.335 e. The van der Waals surface area contributed by atoms with Crippen LogP contribution in [0, 0.1) is 0 Å². The topological polar surface area (TPSA) is 97.0 Å². The fourth-order valence-electron chi connectivity index (χ4n) is 6.69. The third-order valence-corrected chi connectivity index (χ3v) is 8.98. The molecule has 0 aliphatic heterocycles. The second-order valence-corrected chi connectivity index (χ2v) is 12.1. The van der Waals surface area contributed by atoms with Gasteiger partial charge in [-0.2, -0.15) is 0 Å². The Morgan fingerprint density at radius 2 is 1.28 bits per heavy atom. The highest BCUT2D eigenvalue weighted by Gasteiger charge is 2.42. The number of rotatable bonds is 12. The lowest BCUT2D eigenvalue weighted by molar-refractivity contribution is 0.0696. The molecule has 0 aliphatic rings. The molecule has 246 valence electrons. The summed E-state index contributed by atoms with van der Waals surface area (Å²) in [6.45, 7) is 3.44. The van der Waals surface area contributed by atoms with E-state index in [-0.39, 0.29) is 5.56 Å². The van der Waals surface area contributed by atoms with Crippen molar-refractivity contribution in [1.29, 1.82) is 0 Å². The van der Waals surface area contributed by atoms with Crippen LogP contribution in [0.3, 0.4) is 0 Å².